The summed E-state index contributed by atoms with van der Waals surface area (Å²) in [6.07, 6.45) is 2.62. The highest BCUT2D eigenvalue weighted by molar-refractivity contribution is 5.92. The molecule has 16 heavy (non-hydrogen) atoms. The first-order valence-electron chi connectivity index (χ1n) is 5.62. The Bertz CT molecular complexity index is 387. The van der Waals surface area contributed by atoms with E-state index in [2.05, 4.69) is 12.0 Å². The molecule has 0 spiro atoms. The molecular weight excluding hydrogens is 204 g/mol. The molecule has 1 fully saturated rings. The number of hydrogen-bond acceptors (Lipinski definition) is 3. The number of carbonyl (C=O) groups excluding carboxylic acids is 1. The molecule has 5 heteroatoms. The van der Waals surface area contributed by atoms with Crippen LogP contribution in [-0.4, -0.2) is 39.7 Å². The van der Waals surface area contributed by atoms with Crippen LogP contribution in [0.5, 0.6) is 0 Å². The maximum absolute atomic E-state index is 12.1. The lowest BCUT2D eigenvalue weighted by molar-refractivity contribution is 0.0661. The minimum absolute atomic E-state index is 0.0300. The van der Waals surface area contributed by atoms with Crippen molar-refractivity contribution < 1.29 is 4.79 Å². The number of aryl methyl sites for hydroxylation is 1. The van der Waals surface area contributed by atoms with Gasteiger partial charge in [0, 0.05) is 32.4 Å². The fourth-order valence-corrected chi connectivity index (χ4v) is 2.03. The molecule has 2 rings (SSSR count). The van der Waals surface area contributed by atoms with Crippen LogP contribution >= 0.6 is 0 Å². The molecule has 0 radical (unpaired) electrons. The van der Waals surface area contributed by atoms with Gasteiger partial charge in [-0.3, -0.25) is 9.48 Å². The first-order chi connectivity index (χ1) is 7.59. The van der Waals surface area contributed by atoms with Gasteiger partial charge in [-0.1, -0.05) is 6.92 Å². The molecule has 1 saturated heterocycles. The van der Waals surface area contributed by atoms with Gasteiger partial charge >= 0.3 is 0 Å². The van der Waals surface area contributed by atoms with Crippen molar-refractivity contribution in [2.75, 3.05) is 13.1 Å². The quantitative estimate of drug-likeness (QED) is 0.739. The molecule has 2 atom stereocenters. The number of amides is 1. The van der Waals surface area contributed by atoms with Gasteiger partial charge in [-0.05, 0) is 18.4 Å². The Balaban J connectivity index is 2.09. The van der Waals surface area contributed by atoms with Crippen molar-refractivity contribution in [3.63, 3.8) is 0 Å². The molecule has 0 saturated carbocycles. The van der Waals surface area contributed by atoms with Gasteiger partial charge in [0.05, 0.1) is 0 Å². The average Bonchev–Trinajstić information content (AvgIpc) is 2.67. The molecule has 0 aromatic carbocycles. The number of rotatable bonds is 1. The summed E-state index contributed by atoms with van der Waals surface area (Å²) >= 11 is 0. The molecule has 0 bridgehead atoms. The van der Waals surface area contributed by atoms with Crippen molar-refractivity contribution in [3.8, 4) is 0 Å². The molecule has 1 amide bonds. The minimum Gasteiger partial charge on any atom is -0.336 e. The lowest BCUT2D eigenvalue weighted by Crippen LogP contribution is -2.50. The van der Waals surface area contributed by atoms with E-state index < -0.39 is 0 Å². The van der Waals surface area contributed by atoms with E-state index >= 15 is 0 Å². The summed E-state index contributed by atoms with van der Waals surface area (Å²) in [5.41, 5.74) is 6.61. The zero-order valence-electron chi connectivity index (χ0n) is 9.76. The fraction of sp³-hybridized carbons (Fsp3) is 0.636. The van der Waals surface area contributed by atoms with E-state index in [9.17, 15) is 4.79 Å². The number of nitrogens with two attached hydrogens (primary N) is 1. The van der Waals surface area contributed by atoms with Crippen LogP contribution in [0.4, 0.5) is 0 Å². The van der Waals surface area contributed by atoms with Crippen LogP contribution in [-0.2, 0) is 7.05 Å². The van der Waals surface area contributed by atoms with Gasteiger partial charge in [-0.15, -0.1) is 0 Å². The zero-order valence-corrected chi connectivity index (χ0v) is 9.76. The van der Waals surface area contributed by atoms with Crippen molar-refractivity contribution in [2.24, 2.45) is 18.7 Å². The van der Waals surface area contributed by atoms with Gasteiger partial charge < -0.3 is 10.6 Å². The first kappa shape index (κ1) is 11.1. The summed E-state index contributed by atoms with van der Waals surface area (Å²) in [7, 11) is 1.78. The molecule has 2 heterocycles. The van der Waals surface area contributed by atoms with Crippen molar-refractivity contribution in [2.45, 2.75) is 19.4 Å². The highest BCUT2D eigenvalue weighted by Gasteiger charge is 2.27. The Morgan fingerprint density at radius 3 is 2.94 bits per heavy atom. The third-order valence-electron chi connectivity index (χ3n) is 3.34. The van der Waals surface area contributed by atoms with Crippen LogP contribution in [0.2, 0.25) is 0 Å². The van der Waals surface area contributed by atoms with Crippen molar-refractivity contribution in [3.05, 3.63) is 18.0 Å². The van der Waals surface area contributed by atoms with Gasteiger partial charge in [-0.25, -0.2) is 0 Å². The number of nitrogens with zero attached hydrogens (tertiary/aromatic N) is 3. The number of carbonyl (C=O) groups is 1. The van der Waals surface area contributed by atoms with Crippen LogP contribution in [0, 0.1) is 5.92 Å². The summed E-state index contributed by atoms with van der Waals surface area (Å²) in [5.74, 6) is 0.526. The average molecular weight is 222 g/mol. The number of likely N-dealkylation sites (tertiary alicyclic amines) is 1. The molecule has 1 aromatic heterocycles. The molecule has 0 aliphatic carbocycles. The van der Waals surface area contributed by atoms with Gasteiger partial charge in [0.2, 0.25) is 0 Å². The minimum atomic E-state index is 0.0300. The molecule has 1 aromatic rings. The van der Waals surface area contributed by atoms with E-state index in [-0.39, 0.29) is 11.9 Å². The predicted molar refractivity (Wildman–Crippen MR) is 60.9 cm³/mol. The zero-order chi connectivity index (χ0) is 11.7. The Kier molecular flexibility index (Phi) is 2.96. The fourth-order valence-electron chi connectivity index (χ4n) is 2.03. The topological polar surface area (TPSA) is 64.2 Å². The van der Waals surface area contributed by atoms with Crippen molar-refractivity contribution in [1.82, 2.24) is 14.7 Å². The highest BCUT2D eigenvalue weighted by Crippen LogP contribution is 2.17. The van der Waals surface area contributed by atoms with Gasteiger partial charge in [-0.2, -0.15) is 5.10 Å². The molecule has 2 unspecified atom stereocenters. The van der Waals surface area contributed by atoms with E-state index in [4.69, 9.17) is 5.73 Å². The van der Waals surface area contributed by atoms with Crippen LogP contribution in [0.15, 0.2) is 12.3 Å². The Labute approximate surface area is 95.2 Å². The third-order valence-corrected chi connectivity index (χ3v) is 3.34. The van der Waals surface area contributed by atoms with Crippen molar-refractivity contribution >= 4 is 5.91 Å². The standard InChI is InChI=1S/C11H18N4O/c1-8-4-6-15(7-9(8)12)11(16)10-3-5-13-14(10)2/h3,5,8-9H,4,6-7,12H2,1-2H3. The smallest absolute Gasteiger partial charge is 0.272 e. The summed E-state index contributed by atoms with van der Waals surface area (Å²) in [5, 5.41) is 4.00. The first-order valence-corrected chi connectivity index (χ1v) is 5.62. The van der Waals surface area contributed by atoms with Gasteiger partial charge in [0.25, 0.3) is 5.91 Å². The summed E-state index contributed by atoms with van der Waals surface area (Å²) < 4.78 is 1.60. The number of aromatic nitrogens is 2. The van der Waals surface area contributed by atoms with E-state index in [1.165, 1.54) is 0 Å². The second-order valence-electron chi connectivity index (χ2n) is 4.52. The van der Waals surface area contributed by atoms with Crippen molar-refractivity contribution in [1.29, 1.82) is 0 Å². The monoisotopic (exact) mass is 222 g/mol. The molecular formula is C11H18N4O. The number of hydrogen-bond donors (Lipinski definition) is 1. The SMILES string of the molecule is CC1CCN(C(=O)c2ccnn2C)CC1N. The van der Waals surface area contributed by atoms with E-state index in [0.29, 0.717) is 18.2 Å². The molecule has 5 nitrogen and oxygen atoms in total. The van der Waals surface area contributed by atoms with E-state index in [1.807, 2.05) is 4.90 Å². The maximum Gasteiger partial charge on any atom is 0.272 e. The Hall–Kier alpha value is -1.36. The van der Waals surface area contributed by atoms with Gasteiger partial charge in [0.15, 0.2) is 0 Å². The molecule has 1 aliphatic rings. The van der Waals surface area contributed by atoms with Gasteiger partial charge in [0.1, 0.15) is 5.69 Å². The number of piperidine rings is 1. The van der Waals surface area contributed by atoms with Crippen LogP contribution in [0.3, 0.4) is 0 Å². The lowest BCUT2D eigenvalue weighted by Gasteiger charge is -2.34. The second-order valence-corrected chi connectivity index (χ2v) is 4.52. The summed E-state index contributed by atoms with van der Waals surface area (Å²) in [6, 6.07) is 1.83. The van der Waals surface area contributed by atoms with E-state index in [0.717, 1.165) is 13.0 Å². The molecule has 88 valence electrons. The normalized spacial score (nSPS) is 25.8. The highest BCUT2D eigenvalue weighted by atomic mass is 16.2. The predicted octanol–water partition coefficient (Wildman–Crippen LogP) is 0.229. The Morgan fingerprint density at radius 1 is 1.62 bits per heavy atom. The maximum atomic E-state index is 12.1. The lowest BCUT2D eigenvalue weighted by atomic mass is 9.94. The summed E-state index contributed by atoms with van der Waals surface area (Å²) in [6.45, 7) is 3.57. The van der Waals surface area contributed by atoms with E-state index in [1.54, 1.807) is 24.0 Å². The van der Waals surface area contributed by atoms with Crippen LogP contribution in [0.25, 0.3) is 0 Å². The molecule has 1 aliphatic heterocycles. The second kappa shape index (κ2) is 4.25. The van der Waals surface area contributed by atoms with Crippen LogP contribution < -0.4 is 5.73 Å². The van der Waals surface area contributed by atoms with Crippen LogP contribution in [0.1, 0.15) is 23.8 Å². The third kappa shape index (κ3) is 1.95. The molecule has 2 N–H and O–H groups in total. The largest absolute Gasteiger partial charge is 0.336 e. The Morgan fingerprint density at radius 2 is 2.38 bits per heavy atom. The summed E-state index contributed by atoms with van der Waals surface area (Å²) in [4.78, 5) is 14.0.